The highest BCUT2D eigenvalue weighted by atomic mass is 16.9. The third-order valence-electron chi connectivity index (χ3n) is 1.42. The van der Waals surface area contributed by atoms with Crippen LogP contribution in [0, 0.1) is 0 Å². The fourth-order valence-corrected chi connectivity index (χ4v) is 0.767. The zero-order chi connectivity index (χ0) is 9.56. The second kappa shape index (κ2) is 5.90. The van der Waals surface area contributed by atoms with Gasteiger partial charge in [-0.3, -0.25) is 14.8 Å². The van der Waals surface area contributed by atoms with Crippen LogP contribution in [-0.4, -0.2) is 41.2 Å². The van der Waals surface area contributed by atoms with Gasteiger partial charge in [0.25, 0.3) is 0 Å². The van der Waals surface area contributed by atoms with Crippen LogP contribution in [0.25, 0.3) is 0 Å². The summed E-state index contributed by atoms with van der Waals surface area (Å²) >= 11 is 0. The second-order valence-corrected chi connectivity index (χ2v) is 2.27. The molecule has 4 N–H and O–H groups in total. The van der Waals surface area contributed by atoms with Crippen LogP contribution in [0.4, 0.5) is 0 Å². The van der Waals surface area contributed by atoms with Crippen molar-refractivity contribution in [2.45, 2.75) is 18.9 Å². The van der Waals surface area contributed by atoms with E-state index in [2.05, 4.69) is 4.84 Å². The molecule has 0 aliphatic carbocycles. The van der Waals surface area contributed by atoms with Crippen LogP contribution >= 0.6 is 0 Å². The molecule has 0 rings (SSSR count). The minimum atomic E-state index is -1.13. The van der Waals surface area contributed by atoms with Crippen molar-refractivity contribution in [3.8, 4) is 0 Å². The van der Waals surface area contributed by atoms with Crippen molar-refractivity contribution >= 4 is 5.97 Å². The van der Waals surface area contributed by atoms with E-state index in [1.165, 1.54) is 7.11 Å². The molecule has 6 nitrogen and oxygen atoms in total. The highest BCUT2D eigenvalue weighted by Crippen LogP contribution is 2.04. The predicted octanol–water partition coefficient (Wildman–Crippen LogP) is -0.569. The Morgan fingerprint density at radius 1 is 1.75 bits per heavy atom. The summed E-state index contributed by atoms with van der Waals surface area (Å²) in [6.45, 7) is 0.390. The van der Waals surface area contributed by atoms with Gasteiger partial charge in [0.1, 0.15) is 0 Å². The van der Waals surface area contributed by atoms with Crippen LogP contribution in [0.5, 0.6) is 0 Å². The number of carboxylic acids is 1. The first-order valence-corrected chi connectivity index (χ1v) is 3.58. The lowest BCUT2D eigenvalue weighted by Crippen LogP contribution is -2.38. The number of hydroxylamine groups is 2. The predicted molar refractivity (Wildman–Crippen MR) is 40.3 cm³/mol. The fraction of sp³-hybridized carbons (Fsp3) is 0.833. The van der Waals surface area contributed by atoms with Crippen molar-refractivity contribution in [1.82, 2.24) is 5.23 Å². The zero-order valence-electron chi connectivity index (χ0n) is 6.93. The van der Waals surface area contributed by atoms with Gasteiger partial charge in [-0.15, -0.1) is 0 Å². The first-order chi connectivity index (χ1) is 5.63. The van der Waals surface area contributed by atoms with Gasteiger partial charge in [0.05, 0.1) is 7.11 Å². The highest BCUT2D eigenvalue weighted by Gasteiger charge is 2.23. The van der Waals surface area contributed by atoms with E-state index in [-0.39, 0.29) is 6.42 Å². The molecular weight excluding hydrogens is 164 g/mol. The Morgan fingerprint density at radius 3 is 2.67 bits per heavy atom. The fourth-order valence-electron chi connectivity index (χ4n) is 0.767. The largest absolute Gasteiger partial charge is 0.480 e. The minimum absolute atomic E-state index is 0.260. The van der Waals surface area contributed by atoms with Gasteiger partial charge in [0.2, 0.25) is 0 Å². The number of hydrogen-bond donors (Lipinski definition) is 3. The van der Waals surface area contributed by atoms with Crippen molar-refractivity contribution in [2.75, 3.05) is 13.7 Å². The standard InChI is InChI=1S/C6H14N2O4/c1-12-8(11)5(6(9)10)3-2-4-7/h5,11H,2-4,7H2,1H3,(H,9,10)/t5-/m0/s1. The summed E-state index contributed by atoms with van der Waals surface area (Å²) in [5.41, 5.74) is 5.18. The third kappa shape index (κ3) is 3.63. The van der Waals surface area contributed by atoms with Crippen LogP contribution in [0.15, 0.2) is 0 Å². The maximum atomic E-state index is 10.5. The molecule has 1 atom stereocenters. The molecule has 0 bridgehead atoms. The molecule has 0 radical (unpaired) electrons. The SMILES string of the molecule is CON(O)[C@@H](CCCN)C(=O)O. The number of rotatable bonds is 6. The molecule has 0 saturated carbocycles. The lowest BCUT2D eigenvalue weighted by molar-refractivity contribution is -0.345. The van der Waals surface area contributed by atoms with Crippen molar-refractivity contribution < 1.29 is 19.9 Å². The third-order valence-corrected chi connectivity index (χ3v) is 1.42. The molecule has 6 heteroatoms. The smallest absolute Gasteiger partial charge is 0.325 e. The lowest BCUT2D eigenvalue weighted by Gasteiger charge is -2.18. The molecular formula is C6H14N2O4. The molecule has 0 amide bonds. The Hall–Kier alpha value is -0.690. The molecule has 12 heavy (non-hydrogen) atoms. The topological polar surface area (TPSA) is 96.0 Å². The van der Waals surface area contributed by atoms with E-state index in [9.17, 15) is 4.79 Å². The monoisotopic (exact) mass is 178 g/mol. The van der Waals surface area contributed by atoms with Crippen molar-refractivity contribution in [3.05, 3.63) is 0 Å². The van der Waals surface area contributed by atoms with Gasteiger partial charge in [-0.25, -0.2) is 0 Å². The normalized spacial score (nSPS) is 13.3. The quantitative estimate of drug-likeness (QED) is 0.471. The second-order valence-electron chi connectivity index (χ2n) is 2.27. The Morgan fingerprint density at radius 2 is 2.33 bits per heavy atom. The first kappa shape index (κ1) is 11.3. The molecule has 0 aromatic rings. The van der Waals surface area contributed by atoms with E-state index < -0.39 is 12.0 Å². The van der Waals surface area contributed by atoms with E-state index in [1.807, 2.05) is 0 Å². The van der Waals surface area contributed by atoms with Crippen LogP contribution < -0.4 is 5.73 Å². The maximum absolute atomic E-state index is 10.5. The van der Waals surface area contributed by atoms with Crippen LogP contribution in [-0.2, 0) is 9.63 Å². The summed E-state index contributed by atoms with van der Waals surface area (Å²) in [5.74, 6) is -1.13. The van der Waals surface area contributed by atoms with Gasteiger partial charge >= 0.3 is 5.97 Å². The summed E-state index contributed by atoms with van der Waals surface area (Å²) in [6, 6.07) is -1.04. The van der Waals surface area contributed by atoms with Gasteiger partial charge in [-0.1, -0.05) is 5.23 Å². The van der Waals surface area contributed by atoms with Crippen molar-refractivity contribution in [3.63, 3.8) is 0 Å². The van der Waals surface area contributed by atoms with Crippen molar-refractivity contribution in [1.29, 1.82) is 0 Å². The van der Waals surface area contributed by atoms with Crippen LogP contribution in [0.1, 0.15) is 12.8 Å². The van der Waals surface area contributed by atoms with E-state index in [0.717, 1.165) is 0 Å². The number of hydrogen-bond acceptors (Lipinski definition) is 5. The molecule has 0 heterocycles. The minimum Gasteiger partial charge on any atom is -0.480 e. The Labute approximate surface area is 70.4 Å². The van der Waals surface area contributed by atoms with Crippen LogP contribution in [0.3, 0.4) is 0 Å². The average Bonchev–Trinajstić information content (AvgIpc) is 2.04. The summed E-state index contributed by atoms with van der Waals surface area (Å²) < 4.78 is 0. The summed E-state index contributed by atoms with van der Waals surface area (Å²) in [4.78, 5) is 14.8. The number of carbonyl (C=O) groups is 1. The maximum Gasteiger partial charge on any atom is 0.325 e. The van der Waals surface area contributed by atoms with Gasteiger partial charge < -0.3 is 10.8 Å². The number of nitrogens with zero attached hydrogens (tertiary/aromatic N) is 1. The molecule has 0 aliphatic heterocycles. The molecule has 0 aromatic heterocycles. The molecule has 72 valence electrons. The highest BCUT2D eigenvalue weighted by molar-refractivity contribution is 5.72. The summed E-state index contributed by atoms with van der Waals surface area (Å²) in [6.07, 6.45) is 0.785. The Bertz CT molecular complexity index is 142. The van der Waals surface area contributed by atoms with E-state index >= 15 is 0 Å². The lowest BCUT2D eigenvalue weighted by atomic mass is 10.2. The molecule has 0 fully saturated rings. The summed E-state index contributed by atoms with van der Waals surface area (Å²) in [7, 11) is 1.19. The number of aliphatic carboxylic acids is 1. The van der Waals surface area contributed by atoms with Gasteiger partial charge in [0.15, 0.2) is 6.04 Å². The van der Waals surface area contributed by atoms with E-state index in [1.54, 1.807) is 0 Å². The van der Waals surface area contributed by atoms with Crippen LogP contribution in [0.2, 0.25) is 0 Å². The van der Waals surface area contributed by atoms with E-state index in [4.69, 9.17) is 16.0 Å². The van der Waals surface area contributed by atoms with Gasteiger partial charge in [-0.05, 0) is 19.4 Å². The Balaban J connectivity index is 3.94. The molecule has 0 aromatic carbocycles. The van der Waals surface area contributed by atoms with Gasteiger partial charge in [0, 0.05) is 0 Å². The molecule has 0 saturated heterocycles. The number of carboxylic acid groups (broad SMARTS) is 1. The zero-order valence-corrected chi connectivity index (χ0v) is 6.93. The number of nitrogens with two attached hydrogens (primary N) is 1. The van der Waals surface area contributed by atoms with E-state index in [0.29, 0.717) is 18.2 Å². The first-order valence-electron chi connectivity index (χ1n) is 3.58. The summed E-state index contributed by atoms with van der Waals surface area (Å²) in [5, 5.41) is 17.8. The van der Waals surface area contributed by atoms with Crippen molar-refractivity contribution in [2.24, 2.45) is 5.73 Å². The molecule has 0 spiro atoms. The van der Waals surface area contributed by atoms with Gasteiger partial charge in [-0.2, -0.15) is 0 Å². The Kier molecular flexibility index (Phi) is 5.56. The molecule has 0 unspecified atom stereocenters. The average molecular weight is 178 g/mol. The molecule has 0 aliphatic rings.